The summed E-state index contributed by atoms with van der Waals surface area (Å²) in [7, 11) is 1.60. The summed E-state index contributed by atoms with van der Waals surface area (Å²) in [6.07, 6.45) is 6.26. The van der Waals surface area contributed by atoms with E-state index in [4.69, 9.17) is 9.47 Å². The highest BCUT2D eigenvalue weighted by Crippen LogP contribution is 2.28. The summed E-state index contributed by atoms with van der Waals surface area (Å²) >= 11 is 2.85. The number of nitrogens with zero attached hydrogens (tertiary/aromatic N) is 2. The molecule has 1 saturated carbocycles. The molecule has 0 aliphatic heterocycles. The topological polar surface area (TPSA) is 73.3 Å². The number of esters is 1. The fourth-order valence-electron chi connectivity index (χ4n) is 2.89. The van der Waals surface area contributed by atoms with Crippen molar-refractivity contribution in [3.63, 3.8) is 0 Å². The number of carbonyl (C=O) groups is 1. The molecule has 6 nitrogen and oxygen atoms in total. The van der Waals surface area contributed by atoms with E-state index in [2.05, 4.69) is 15.5 Å². The molecule has 0 unspecified atom stereocenters. The maximum Gasteiger partial charge on any atom is 0.316 e. The normalized spacial score (nSPS) is 14.8. The lowest BCUT2D eigenvalue weighted by Gasteiger charge is -2.21. The smallest absolute Gasteiger partial charge is 0.316 e. The Bertz CT molecular complexity index is 717. The van der Waals surface area contributed by atoms with Crippen molar-refractivity contribution < 1.29 is 14.3 Å². The Morgan fingerprint density at radius 2 is 2.08 bits per heavy atom. The molecule has 8 heteroatoms. The number of methoxy groups -OCH3 is 1. The summed E-state index contributed by atoms with van der Waals surface area (Å²) in [4.78, 5) is 12.0. The fraction of sp³-hybridized carbons (Fsp3) is 0.500. The molecule has 1 aliphatic carbocycles. The van der Waals surface area contributed by atoms with E-state index in [-0.39, 0.29) is 18.3 Å². The van der Waals surface area contributed by atoms with Crippen LogP contribution in [0.1, 0.15) is 37.7 Å². The molecule has 1 N–H and O–H groups in total. The van der Waals surface area contributed by atoms with Gasteiger partial charge in [0.05, 0.1) is 12.9 Å². The van der Waals surface area contributed by atoms with Crippen LogP contribution in [0.25, 0.3) is 0 Å². The molecule has 0 bridgehead atoms. The van der Waals surface area contributed by atoms with E-state index in [1.54, 1.807) is 7.11 Å². The van der Waals surface area contributed by atoms with Crippen LogP contribution in [0.2, 0.25) is 0 Å². The highest BCUT2D eigenvalue weighted by Gasteiger charge is 2.16. The van der Waals surface area contributed by atoms with Crippen molar-refractivity contribution in [2.75, 3.05) is 18.2 Å². The summed E-state index contributed by atoms with van der Waals surface area (Å²) < 4.78 is 11.3. The Hall–Kier alpha value is -1.80. The van der Waals surface area contributed by atoms with Gasteiger partial charge >= 0.3 is 5.97 Å². The quantitative estimate of drug-likeness (QED) is 0.534. The third kappa shape index (κ3) is 5.60. The van der Waals surface area contributed by atoms with Crippen molar-refractivity contribution in [3.05, 3.63) is 29.8 Å². The van der Waals surface area contributed by atoms with Crippen LogP contribution in [0.4, 0.5) is 5.13 Å². The molecule has 0 spiro atoms. The van der Waals surface area contributed by atoms with Gasteiger partial charge in [-0.05, 0) is 18.9 Å². The lowest BCUT2D eigenvalue weighted by Crippen LogP contribution is -2.21. The van der Waals surface area contributed by atoms with E-state index in [0.717, 1.165) is 20.8 Å². The Morgan fingerprint density at radius 3 is 2.88 bits per heavy atom. The number of benzene rings is 1. The maximum atomic E-state index is 12.0. The molecule has 1 aliphatic rings. The van der Waals surface area contributed by atoms with E-state index >= 15 is 0 Å². The molecule has 0 radical (unpaired) electrons. The fourth-order valence-corrected chi connectivity index (χ4v) is 4.52. The molecule has 2 aromatic rings. The van der Waals surface area contributed by atoms with Crippen LogP contribution < -0.4 is 10.1 Å². The van der Waals surface area contributed by atoms with E-state index in [0.29, 0.717) is 6.04 Å². The molecular weight excluding hydrogens is 370 g/mol. The second kappa shape index (κ2) is 9.78. The van der Waals surface area contributed by atoms with Crippen LogP contribution in [-0.2, 0) is 16.1 Å². The van der Waals surface area contributed by atoms with E-state index < -0.39 is 0 Å². The highest BCUT2D eigenvalue weighted by atomic mass is 32.2. The standard InChI is InChI=1S/C18H23N3O3S2/c1-23-15-10-6-5-7-13(15)11-24-16(22)12-25-18-21-20-17(26-18)19-14-8-3-2-4-9-14/h5-7,10,14H,2-4,8-9,11-12H2,1H3,(H,19,20). The van der Waals surface area contributed by atoms with Crippen molar-refractivity contribution in [3.8, 4) is 5.75 Å². The Morgan fingerprint density at radius 1 is 1.27 bits per heavy atom. The second-order valence-electron chi connectivity index (χ2n) is 6.11. The molecule has 1 aromatic heterocycles. The molecule has 140 valence electrons. The van der Waals surface area contributed by atoms with Crippen molar-refractivity contribution in [1.29, 1.82) is 0 Å². The van der Waals surface area contributed by atoms with Gasteiger partial charge in [0.2, 0.25) is 5.13 Å². The lowest BCUT2D eigenvalue weighted by molar-refractivity contribution is -0.141. The minimum atomic E-state index is -0.280. The summed E-state index contributed by atoms with van der Waals surface area (Å²) in [5, 5.41) is 12.6. The van der Waals surface area contributed by atoms with Crippen molar-refractivity contribution in [1.82, 2.24) is 10.2 Å². The number of rotatable bonds is 8. The first-order valence-electron chi connectivity index (χ1n) is 8.75. The molecule has 0 atom stereocenters. The Labute approximate surface area is 161 Å². The molecule has 3 rings (SSSR count). The van der Waals surface area contributed by atoms with Crippen LogP contribution in [0.3, 0.4) is 0 Å². The number of carbonyl (C=O) groups excluding carboxylic acids is 1. The van der Waals surface area contributed by atoms with E-state index in [9.17, 15) is 4.79 Å². The lowest BCUT2D eigenvalue weighted by atomic mass is 9.96. The number of nitrogens with one attached hydrogen (secondary N) is 1. The number of ether oxygens (including phenoxy) is 2. The molecular formula is C18H23N3O3S2. The summed E-state index contributed by atoms with van der Waals surface area (Å²) in [5.41, 5.74) is 0.850. The maximum absolute atomic E-state index is 12.0. The zero-order chi connectivity index (χ0) is 18.2. The molecule has 1 heterocycles. The number of hydrogen-bond acceptors (Lipinski definition) is 8. The van der Waals surface area contributed by atoms with Gasteiger partial charge in [-0.1, -0.05) is 60.6 Å². The van der Waals surface area contributed by atoms with Crippen molar-refractivity contribution >= 4 is 34.2 Å². The number of thioether (sulfide) groups is 1. The average Bonchev–Trinajstić information content (AvgIpc) is 3.13. The predicted molar refractivity (Wildman–Crippen MR) is 104 cm³/mol. The first kappa shape index (κ1) is 19.0. The second-order valence-corrected chi connectivity index (χ2v) is 8.31. The number of aromatic nitrogens is 2. The van der Waals surface area contributed by atoms with Crippen LogP contribution >= 0.6 is 23.1 Å². The van der Waals surface area contributed by atoms with Gasteiger partial charge in [-0.2, -0.15) is 0 Å². The highest BCUT2D eigenvalue weighted by molar-refractivity contribution is 8.01. The van der Waals surface area contributed by atoms with Gasteiger partial charge in [0, 0.05) is 11.6 Å². The third-order valence-corrected chi connectivity index (χ3v) is 6.20. The van der Waals surface area contributed by atoms with Crippen molar-refractivity contribution in [2.24, 2.45) is 0 Å². The predicted octanol–water partition coefficient (Wildman–Crippen LogP) is 4.13. The van der Waals surface area contributed by atoms with Crippen LogP contribution in [-0.4, -0.2) is 35.1 Å². The van der Waals surface area contributed by atoms with Crippen molar-refractivity contribution in [2.45, 2.75) is 49.1 Å². The Kier molecular flexibility index (Phi) is 7.13. The molecule has 1 fully saturated rings. The SMILES string of the molecule is COc1ccccc1COC(=O)CSc1nnc(NC2CCCCC2)s1. The van der Waals surface area contributed by atoms with E-state index in [1.807, 2.05) is 24.3 Å². The number of para-hydroxylation sites is 1. The van der Waals surface area contributed by atoms with Gasteiger partial charge in [0.25, 0.3) is 0 Å². The van der Waals surface area contributed by atoms with Gasteiger partial charge in [0.15, 0.2) is 4.34 Å². The average molecular weight is 394 g/mol. The molecule has 26 heavy (non-hydrogen) atoms. The minimum Gasteiger partial charge on any atom is -0.496 e. The summed E-state index contributed by atoms with van der Waals surface area (Å²) in [5.74, 6) is 0.654. The third-order valence-electron chi connectivity index (χ3n) is 4.23. The Balaban J connectivity index is 1.41. The number of hydrogen-bond donors (Lipinski definition) is 1. The van der Waals surface area contributed by atoms with Gasteiger partial charge < -0.3 is 14.8 Å². The monoisotopic (exact) mass is 393 g/mol. The van der Waals surface area contributed by atoms with Gasteiger partial charge in [-0.3, -0.25) is 4.79 Å². The van der Waals surface area contributed by atoms with E-state index in [1.165, 1.54) is 55.2 Å². The largest absolute Gasteiger partial charge is 0.496 e. The van der Waals surface area contributed by atoms with Crippen LogP contribution in [0, 0.1) is 0 Å². The van der Waals surface area contributed by atoms with Gasteiger partial charge in [-0.15, -0.1) is 10.2 Å². The first-order valence-corrected chi connectivity index (χ1v) is 10.5. The molecule has 0 amide bonds. The zero-order valence-electron chi connectivity index (χ0n) is 14.8. The first-order chi connectivity index (χ1) is 12.7. The van der Waals surface area contributed by atoms with Gasteiger partial charge in [0.1, 0.15) is 12.4 Å². The van der Waals surface area contributed by atoms with Crippen LogP contribution in [0.5, 0.6) is 5.75 Å². The summed E-state index contributed by atoms with van der Waals surface area (Å²) in [6.45, 7) is 0.202. The molecule has 0 saturated heterocycles. The summed E-state index contributed by atoms with van der Waals surface area (Å²) in [6, 6.07) is 8.00. The zero-order valence-corrected chi connectivity index (χ0v) is 16.4. The van der Waals surface area contributed by atoms with Crippen LogP contribution in [0.15, 0.2) is 28.6 Å². The van der Waals surface area contributed by atoms with Gasteiger partial charge in [-0.25, -0.2) is 0 Å². The number of anilines is 1. The minimum absolute atomic E-state index is 0.202. The molecule has 1 aromatic carbocycles.